The minimum absolute atomic E-state index is 0.102. The van der Waals surface area contributed by atoms with Gasteiger partial charge in [-0.2, -0.15) is 18.4 Å². The third-order valence-corrected chi connectivity index (χ3v) is 1.98. The summed E-state index contributed by atoms with van der Waals surface area (Å²) >= 11 is 0. The summed E-state index contributed by atoms with van der Waals surface area (Å²) in [4.78, 5) is 10.6. The molecule has 1 rings (SSSR count). The van der Waals surface area contributed by atoms with Gasteiger partial charge in [-0.1, -0.05) is 0 Å². The Bertz CT molecular complexity index is 468. The van der Waals surface area contributed by atoms with Crippen molar-refractivity contribution in [2.45, 2.75) is 20.0 Å². The highest BCUT2D eigenvalue weighted by atomic mass is 19.4. The van der Waals surface area contributed by atoms with Crippen molar-refractivity contribution in [3.05, 3.63) is 16.9 Å². The van der Waals surface area contributed by atoms with Crippen LogP contribution in [0, 0.1) is 25.2 Å². The molecule has 0 saturated carbocycles. The number of halogens is 3. The van der Waals surface area contributed by atoms with Gasteiger partial charge >= 0.3 is 12.1 Å². The van der Waals surface area contributed by atoms with E-state index in [1.807, 2.05) is 0 Å². The van der Waals surface area contributed by atoms with Crippen molar-refractivity contribution in [2.24, 2.45) is 0 Å². The zero-order valence-electron chi connectivity index (χ0n) is 8.40. The SMILES string of the molecule is Cc1oc(NC(=O)C(F)(F)F)c(C#N)c1C. The molecular formula is C9H7F3N2O2. The first kappa shape index (κ1) is 12.1. The number of aryl methyl sites for hydroxylation is 1. The van der Waals surface area contributed by atoms with Crippen LogP contribution in [0.4, 0.5) is 19.1 Å². The lowest BCUT2D eigenvalue weighted by Gasteiger charge is -2.05. The van der Waals surface area contributed by atoms with Crippen molar-refractivity contribution in [1.29, 1.82) is 5.26 Å². The van der Waals surface area contributed by atoms with Gasteiger partial charge in [-0.05, 0) is 13.8 Å². The topological polar surface area (TPSA) is 66.0 Å². The second-order valence-corrected chi connectivity index (χ2v) is 3.05. The lowest BCUT2D eigenvalue weighted by molar-refractivity contribution is -0.167. The molecular weight excluding hydrogens is 225 g/mol. The fourth-order valence-corrected chi connectivity index (χ4v) is 1.02. The highest BCUT2D eigenvalue weighted by Crippen LogP contribution is 2.27. The fourth-order valence-electron chi connectivity index (χ4n) is 1.02. The van der Waals surface area contributed by atoms with Gasteiger partial charge in [-0.15, -0.1) is 0 Å². The molecule has 0 spiro atoms. The van der Waals surface area contributed by atoms with Gasteiger partial charge in [-0.3, -0.25) is 10.1 Å². The molecule has 1 aromatic heterocycles. The maximum Gasteiger partial charge on any atom is 0.471 e. The Balaban J connectivity index is 3.04. The zero-order valence-corrected chi connectivity index (χ0v) is 8.40. The van der Waals surface area contributed by atoms with Gasteiger partial charge in [0.2, 0.25) is 5.88 Å². The molecule has 0 radical (unpaired) electrons. The van der Waals surface area contributed by atoms with Crippen LogP contribution < -0.4 is 5.32 Å². The third-order valence-electron chi connectivity index (χ3n) is 1.98. The van der Waals surface area contributed by atoms with Crippen molar-refractivity contribution >= 4 is 11.8 Å². The van der Waals surface area contributed by atoms with Crippen LogP contribution in [0.1, 0.15) is 16.9 Å². The monoisotopic (exact) mass is 232 g/mol. The Morgan fingerprint density at radius 1 is 1.44 bits per heavy atom. The summed E-state index contributed by atoms with van der Waals surface area (Å²) in [6.45, 7) is 3.00. The summed E-state index contributed by atoms with van der Waals surface area (Å²) in [7, 11) is 0. The van der Waals surface area contributed by atoms with Crippen molar-refractivity contribution < 1.29 is 22.4 Å². The van der Waals surface area contributed by atoms with E-state index in [0.717, 1.165) is 0 Å². The van der Waals surface area contributed by atoms with Crippen LogP contribution in [0.5, 0.6) is 0 Å². The molecule has 1 aromatic rings. The number of nitrogens with zero attached hydrogens (tertiary/aromatic N) is 1. The second kappa shape index (κ2) is 3.89. The Kier molecular flexibility index (Phi) is 2.94. The third kappa shape index (κ3) is 2.16. The normalized spacial score (nSPS) is 11.0. The smallest absolute Gasteiger partial charge is 0.444 e. The van der Waals surface area contributed by atoms with Crippen molar-refractivity contribution in [1.82, 2.24) is 0 Å². The molecule has 1 amide bonds. The average molecular weight is 232 g/mol. The molecule has 0 bridgehead atoms. The minimum Gasteiger partial charge on any atom is -0.444 e. The molecule has 0 saturated heterocycles. The molecule has 1 heterocycles. The van der Waals surface area contributed by atoms with Gasteiger partial charge in [0.25, 0.3) is 0 Å². The van der Waals surface area contributed by atoms with Crippen molar-refractivity contribution in [3.8, 4) is 6.07 Å². The second-order valence-electron chi connectivity index (χ2n) is 3.05. The Morgan fingerprint density at radius 2 is 2.00 bits per heavy atom. The quantitative estimate of drug-likeness (QED) is 0.807. The van der Waals surface area contributed by atoms with Crippen molar-refractivity contribution in [2.75, 3.05) is 5.32 Å². The average Bonchev–Trinajstić information content (AvgIpc) is 2.41. The van der Waals surface area contributed by atoms with E-state index in [0.29, 0.717) is 5.56 Å². The predicted molar refractivity (Wildman–Crippen MR) is 47.6 cm³/mol. The van der Waals surface area contributed by atoms with Crippen LogP contribution in [0.2, 0.25) is 0 Å². The number of carbonyl (C=O) groups excluding carboxylic acids is 1. The van der Waals surface area contributed by atoms with E-state index in [9.17, 15) is 18.0 Å². The standard InChI is InChI=1S/C9H7F3N2O2/c1-4-5(2)16-7(6(4)3-13)14-8(15)9(10,11)12/h1-2H3,(H,14,15). The number of hydrogen-bond acceptors (Lipinski definition) is 3. The molecule has 0 unspecified atom stereocenters. The molecule has 0 atom stereocenters. The van der Waals surface area contributed by atoms with Gasteiger partial charge in [0.1, 0.15) is 17.4 Å². The maximum absolute atomic E-state index is 11.9. The lowest BCUT2D eigenvalue weighted by atomic mass is 10.2. The molecule has 0 aliphatic heterocycles. The van der Waals surface area contributed by atoms with E-state index in [1.165, 1.54) is 19.2 Å². The van der Waals surface area contributed by atoms with E-state index < -0.39 is 18.0 Å². The van der Waals surface area contributed by atoms with Gasteiger partial charge in [-0.25, -0.2) is 0 Å². The molecule has 0 aliphatic carbocycles. The first-order valence-electron chi connectivity index (χ1n) is 4.15. The Hall–Kier alpha value is -1.97. The van der Waals surface area contributed by atoms with Crippen LogP contribution in [0.15, 0.2) is 4.42 Å². The molecule has 0 aromatic carbocycles. The van der Waals surface area contributed by atoms with Crippen LogP contribution in [-0.2, 0) is 4.79 Å². The molecule has 86 valence electrons. The molecule has 1 N–H and O–H groups in total. The molecule has 16 heavy (non-hydrogen) atoms. The van der Waals surface area contributed by atoms with Crippen LogP contribution in [0.25, 0.3) is 0 Å². The van der Waals surface area contributed by atoms with Crippen LogP contribution in [0.3, 0.4) is 0 Å². The lowest BCUT2D eigenvalue weighted by Crippen LogP contribution is -2.30. The first-order valence-corrected chi connectivity index (χ1v) is 4.15. The zero-order chi connectivity index (χ0) is 12.5. The molecule has 7 heteroatoms. The predicted octanol–water partition coefficient (Wildman–Crippen LogP) is 2.27. The number of anilines is 1. The molecule has 4 nitrogen and oxygen atoms in total. The van der Waals surface area contributed by atoms with E-state index in [4.69, 9.17) is 9.68 Å². The number of nitrogens with one attached hydrogen (secondary N) is 1. The number of rotatable bonds is 1. The van der Waals surface area contributed by atoms with Crippen LogP contribution in [-0.4, -0.2) is 12.1 Å². The summed E-state index contributed by atoms with van der Waals surface area (Å²) in [6.07, 6.45) is -5.01. The van der Waals surface area contributed by atoms with Crippen LogP contribution >= 0.6 is 0 Å². The highest BCUT2D eigenvalue weighted by molar-refractivity contribution is 5.94. The summed E-state index contributed by atoms with van der Waals surface area (Å²) < 4.78 is 40.7. The highest BCUT2D eigenvalue weighted by Gasteiger charge is 2.39. The van der Waals surface area contributed by atoms with E-state index in [-0.39, 0.29) is 11.3 Å². The number of carbonyl (C=O) groups is 1. The summed E-state index contributed by atoms with van der Waals surface area (Å²) in [5.74, 6) is -2.36. The Morgan fingerprint density at radius 3 is 2.44 bits per heavy atom. The maximum atomic E-state index is 11.9. The first-order chi connectivity index (χ1) is 7.27. The minimum atomic E-state index is -5.01. The molecule has 0 aliphatic rings. The fraction of sp³-hybridized carbons (Fsp3) is 0.333. The number of furan rings is 1. The van der Waals surface area contributed by atoms with Crippen molar-refractivity contribution in [3.63, 3.8) is 0 Å². The summed E-state index contributed by atoms with van der Waals surface area (Å²) in [5, 5.41) is 10.2. The number of amides is 1. The number of nitriles is 1. The van der Waals surface area contributed by atoms with E-state index in [2.05, 4.69) is 0 Å². The Labute approximate surface area is 88.7 Å². The molecule has 0 fully saturated rings. The van der Waals surface area contributed by atoms with Gasteiger partial charge in [0, 0.05) is 5.56 Å². The number of hydrogen-bond donors (Lipinski definition) is 1. The van der Waals surface area contributed by atoms with Gasteiger partial charge < -0.3 is 4.42 Å². The summed E-state index contributed by atoms with van der Waals surface area (Å²) in [5.41, 5.74) is 0.301. The number of alkyl halides is 3. The van der Waals surface area contributed by atoms with E-state index >= 15 is 0 Å². The summed E-state index contributed by atoms with van der Waals surface area (Å²) in [6, 6.07) is 1.67. The van der Waals surface area contributed by atoms with Gasteiger partial charge in [0.15, 0.2) is 0 Å². The van der Waals surface area contributed by atoms with E-state index in [1.54, 1.807) is 6.07 Å². The largest absolute Gasteiger partial charge is 0.471 e. The van der Waals surface area contributed by atoms with Gasteiger partial charge in [0.05, 0.1) is 0 Å².